The van der Waals surface area contributed by atoms with Crippen LogP contribution in [0, 0.1) is 26.7 Å². The highest BCUT2D eigenvalue weighted by Gasteiger charge is 2.40. The Labute approximate surface area is 164 Å². The molecule has 6 heteroatoms. The maximum Gasteiger partial charge on any atom is 0.250 e. The highest BCUT2D eigenvalue weighted by Crippen LogP contribution is 2.47. The van der Waals surface area contributed by atoms with Gasteiger partial charge in [0.15, 0.2) is 0 Å². The number of aromatic nitrogens is 4. The molecule has 28 heavy (non-hydrogen) atoms. The quantitative estimate of drug-likeness (QED) is 0.683. The second-order valence-electron chi connectivity index (χ2n) is 7.54. The summed E-state index contributed by atoms with van der Waals surface area (Å²) >= 11 is 0. The number of nitrogens with zero attached hydrogens (tertiary/aromatic N) is 4. The molecular weight excluding hydrogens is 352 g/mol. The van der Waals surface area contributed by atoms with Crippen molar-refractivity contribution in [3.63, 3.8) is 0 Å². The Morgan fingerprint density at radius 2 is 1.89 bits per heavy atom. The Hall–Kier alpha value is -3.02. The van der Waals surface area contributed by atoms with E-state index in [1.807, 2.05) is 33.0 Å². The molecule has 3 heterocycles. The molecule has 4 rings (SSSR count). The Bertz CT molecular complexity index is 1070. The number of pyridine rings is 2. The molecule has 0 radical (unpaired) electrons. The number of rotatable bonds is 5. The van der Waals surface area contributed by atoms with Gasteiger partial charge in [-0.15, -0.1) is 0 Å². The van der Waals surface area contributed by atoms with Crippen molar-refractivity contribution >= 4 is 0 Å². The smallest absolute Gasteiger partial charge is 0.250 e. The van der Waals surface area contributed by atoms with Crippen molar-refractivity contribution in [2.24, 2.45) is 13.0 Å². The van der Waals surface area contributed by atoms with Crippen LogP contribution in [-0.4, -0.2) is 26.1 Å². The fraction of sp³-hybridized carbons (Fsp3) is 0.364. The number of aryl methyl sites for hydroxylation is 2. The first-order chi connectivity index (χ1) is 13.4. The molecule has 0 N–H and O–H groups in total. The average molecular weight is 376 g/mol. The highest BCUT2D eigenvalue weighted by molar-refractivity contribution is 5.69. The average Bonchev–Trinajstić information content (AvgIpc) is 3.45. The van der Waals surface area contributed by atoms with Crippen LogP contribution in [0.25, 0.3) is 11.1 Å². The fourth-order valence-electron chi connectivity index (χ4n) is 3.44. The largest absolute Gasteiger partial charge is 0.477 e. The predicted molar refractivity (Wildman–Crippen MR) is 108 cm³/mol. The van der Waals surface area contributed by atoms with E-state index in [1.165, 1.54) is 5.56 Å². The van der Waals surface area contributed by atoms with E-state index in [0.29, 0.717) is 30.1 Å². The van der Waals surface area contributed by atoms with Crippen LogP contribution in [0.4, 0.5) is 0 Å². The van der Waals surface area contributed by atoms with Gasteiger partial charge in [-0.2, -0.15) is 4.98 Å². The molecule has 0 aromatic carbocycles. The first kappa shape index (κ1) is 18.3. The molecule has 6 nitrogen and oxygen atoms in total. The van der Waals surface area contributed by atoms with Gasteiger partial charge in [-0.05, 0) is 44.9 Å². The van der Waals surface area contributed by atoms with Gasteiger partial charge in [0.25, 0.3) is 0 Å². The van der Waals surface area contributed by atoms with Crippen molar-refractivity contribution in [3.05, 3.63) is 69.8 Å². The highest BCUT2D eigenvalue weighted by atomic mass is 16.5. The maximum absolute atomic E-state index is 11.9. The minimum atomic E-state index is -0.0387. The maximum atomic E-state index is 11.9. The van der Waals surface area contributed by atoms with Gasteiger partial charge in [0.1, 0.15) is 5.82 Å². The summed E-state index contributed by atoms with van der Waals surface area (Å²) in [5.41, 5.74) is 4.84. The molecule has 2 atom stereocenters. The summed E-state index contributed by atoms with van der Waals surface area (Å²) in [5.74, 6) is 2.12. The Morgan fingerprint density at radius 3 is 2.64 bits per heavy atom. The summed E-state index contributed by atoms with van der Waals surface area (Å²) in [6.45, 7) is 6.40. The first-order valence-electron chi connectivity index (χ1n) is 9.50. The minimum Gasteiger partial charge on any atom is -0.477 e. The van der Waals surface area contributed by atoms with Gasteiger partial charge in [0, 0.05) is 54.3 Å². The number of hydrogen-bond donors (Lipinski definition) is 0. The lowest BCUT2D eigenvalue weighted by molar-refractivity contribution is 0.285. The van der Waals surface area contributed by atoms with Crippen LogP contribution in [0.3, 0.4) is 0 Å². The second kappa shape index (κ2) is 7.19. The first-order valence-corrected chi connectivity index (χ1v) is 9.50. The summed E-state index contributed by atoms with van der Waals surface area (Å²) in [6, 6.07) is 7.58. The number of hydrogen-bond acceptors (Lipinski definition) is 5. The molecule has 0 spiro atoms. The summed E-state index contributed by atoms with van der Waals surface area (Å²) in [4.78, 5) is 25.3. The molecule has 3 aromatic heterocycles. The summed E-state index contributed by atoms with van der Waals surface area (Å²) in [5, 5.41) is 0. The summed E-state index contributed by atoms with van der Waals surface area (Å²) in [7, 11) is 1.76. The van der Waals surface area contributed by atoms with Crippen LogP contribution in [-0.2, 0) is 7.05 Å². The molecule has 0 saturated heterocycles. The van der Waals surface area contributed by atoms with Crippen molar-refractivity contribution in [3.8, 4) is 17.0 Å². The molecule has 1 aliphatic rings. The van der Waals surface area contributed by atoms with Gasteiger partial charge in [0.2, 0.25) is 11.4 Å². The molecule has 0 amide bonds. The zero-order valence-corrected chi connectivity index (χ0v) is 16.6. The zero-order chi connectivity index (χ0) is 19.8. The van der Waals surface area contributed by atoms with Gasteiger partial charge in [-0.3, -0.25) is 9.78 Å². The Balaban J connectivity index is 1.54. The van der Waals surface area contributed by atoms with Gasteiger partial charge < -0.3 is 9.30 Å². The third kappa shape index (κ3) is 3.54. The van der Waals surface area contributed by atoms with E-state index in [-0.39, 0.29) is 5.56 Å². The Kier molecular flexibility index (Phi) is 4.71. The van der Waals surface area contributed by atoms with Crippen LogP contribution < -0.4 is 10.3 Å². The third-order valence-corrected chi connectivity index (χ3v) is 5.45. The van der Waals surface area contributed by atoms with E-state index in [4.69, 9.17) is 4.74 Å². The topological polar surface area (TPSA) is 69.9 Å². The minimum absolute atomic E-state index is 0.0387. The standard InChI is InChI=1S/C22H24N4O2/c1-13-5-7-20(24-10-13)18-9-16(18)12-28-22-19(11-23-15(3)25-22)17-6-8-21(27)26(4)14(17)2/h5-8,10-11,16,18H,9,12H2,1-4H3/t16?,18-/m0/s1. The fourth-order valence-corrected chi connectivity index (χ4v) is 3.44. The lowest BCUT2D eigenvalue weighted by atomic mass is 10.1. The van der Waals surface area contributed by atoms with Crippen LogP contribution in [0.2, 0.25) is 0 Å². The van der Waals surface area contributed by atoms with E-state index in [1.54, 1.807) is 23.9 Å². The van der Waals surface area contributed by atoms with Crippen molar-refractivity contribution in [1.29, 1.82) is 0 Å². The molecule has 0 aliphatic heterocycles. The normalized spacial score (nSPS) is 18.1. The molecule has 1 fully saturated rings. The van der Waals surface area contributed by atoms with Crippen molar-refractivity contribution in [1.82, 2.24) is 19.5 Å². The van der Waals surface area contributed by atoms with E-state index < -0.39 is 0 Å². The van der Waals surface area contributed by atoms with Crippen LogP contribution >= 0.6 is 0 Å². The molecule has 1 saturated carbocycles. The molecule has 144 valence electrons. The SMILES string of the molecule is Cc1ccc([C@H]2CC2COc2nc(C)ncc2-c2ccc(=O)n(C)c2C)nc1. The van der Waals surface area contributed by atoms with Crippen molar-refractivity contribution < 1.29 is 4.74 Å². The lowest BCUT2D eigenvalue weighted by Crippen LogP contribution is -2.18. The van der Waals surface area contributed by atoms with E-state index in [9.17, 15) is 4.79 Å². The van der Waals surface area contributed by atoms with E-state index in [0.717, 1.165) is 28.9 Å². The zero-order valence-electron chi connectivity index (χ0n) is 16.6. The van der Waals surface area contributed by atoms with Gasteiger partial charge in [-0.25, -0.2) is 4.98 Å². The Morgan fingerprint density at radius 1 is 1.07 bits per heavy atom. The molecule has 0 bridgehead atoms. The van der Waals surface area contributed by atoms with Crippen LogP contribution in [0.5, 0.6) is 5.88 Å². The van der Waals surface area contributed by atoms with E-state index in [2.05, 4.69) is 27.1 Å². The summed E-state index contributed by atoms with van der Waals surface area (Å²) in [6.07, 6.45) is 4.77. The van der Waals surface area contributed by atoms with Gasteiger partial charge in [0.05, 0.1) is 12.2 Å². The van der Waals surface area contributed by atoms with Crippen molar-refractivity contribution in [2.75, 3.05) is 6.61 Å². The van der Waals surface area contributed by atoms with Crippen LogP contribution in [0.1, 0.15) is 35.1 Å². The number of ether oxygens (including phenoxy) is 1. The third-order valence-electron chi connectivity index (χ3n) is 5.45. The molecule has 3 aromatic rings. The lowest BCUT2D eigenvalue weighted by Gasteiger charge is -2.14. The molecular formula is C22H24N4O2. The monoisotopic (exact) mass is 376 g/mol. The van der Waals surface area contributed by atoms with Gasteiger partial charge in [-0.1, -0.05) is 6.07 Å². The van der Waals surface area contributed by atoms with Crippen molar-refractivity contribution in [2.45, 2.75) is 33.1 Å². The predicted octanol–water partition coefficient (Wildman–Crippen LogP) is 3.35. The van der Waals surface area contributed by atoms with Gasteiger partial charge >= 0.3 is 0 Å². The molecule has 1 unspecified atom stereocenters. The molecule has 1 aliphatic carbocycles. The van der Waals surface area contributed by atoms with Crippen LogP contribution in [0.15, 0.2) is 41.5 Å². The van der Waals surface area contributed by atoms with E-state index >= 15 is 0 Å². The summed E-state index contributed by atoms with van der Waals surface area (Å²) < 4.78 is 7.75. The second-order valence-corrected chi connectivity index (χ2v) is 7.54.